The second-order valence-corrected chi connectivity index (χ2v) is 8.33. The van der Waals surface area contributed by atoms with E-state index in [4.69, 9.17) is 27.9 Å². The van der Waals surface area contributed by atoms with Crippen molar-refractivity contribution in [2.45, 2.75) is 31.8 Å². The van der Waals surface area contributed by atoms with E-state index in [-0.39, 0.29) is 19.4 Å². The average molecular weight is 508 g/mol. The van der Waals surface area contributed by atoms with Crippen molar-refractivity contribution in [2.24, 2.45) is 0 Å². The number of anilines is 1. The van der Waals surface area contributed by atoms with Gasteiger partial charge < -0.3 is 20.3 Å². The Kier molecular flexibility index (Phi) is 12.3. The fraction of sp³-hybridized carbons (Fsp3) is 0.400. The van der Waals surface area contributed by atoms with Crippen molar-refractivity contribution >= 4 is 47.2 Å². The van der Waals surface area contributed by atoms with Gasteiger partial charge in [0.1, 0.15) is 12.1 Å². The standard InChI is InChI=1S/C25H31Cl2N3O4/c1-2-34-25(33)23(17-19-6-4-3-5-7-19)29-24(32)22(28-18-31)16-20-8-10-21(11-9-20)30(14-12-26)15-13-27/h3-11,18,22-23H,2,12-17H2,1H3,(H,28,31)(H,29,32). The normalized spacial score (nSPS) is 12.3. The number of carbonyl (C=O) groups is 3. The van der Waals surface area contributed by atoms with Gasteiger partial charge in [0.25, 0.3) is 0 Å². The number of alkyl halides is 2. The van der Waals surface area contributed by atoms with Gasteiger partial charge in [-0.05, 0) is 30.2 Å². The molecule has 0 bridgehead atoms. The van der Waals surface area contributed by atoms with Gasteiger partial charge in [-0.25, -0.2) is 4.79 Å². The maximum Gasteiger partial charge on any atom is 0.328 e. The van der Waals surface area contributed by atoms with Crippen LogP contribution < -0.4 is 15.5 Å². The lowest BCUT2D eigenvalue weighted by atomic mass is 10.0. The van der Waals surface area contributed by atoms with Crippen LogP contribution in [0.5, 0.6) is 0 Å². The van der Waals surface area contributed by atoms with Gasteiger partial charge >= 0.3 is 5.97 Å². The van der Waals surface area contributed by atoms with Crippen molar-refractivity contribution in [2.75, 3.05) is 36.4 Å². The molecule has 2 rings (SSSR count). The van der Waals surface area contributed by atoms with E-state index >= 15 is 0 Å². The zero-order chi connectivity index (χ0) is 24.8. The maximum absolute atomic E-state index is 13.0. The number of halogens is 2. The van der Waals surface area contributed by atoms with Gasteiger partial charge in [-0.3, -0.25) is 9.59 Å². The highest BCUT2D eigenvalue weighted by atomic mass is 35.5. The summed E-state index contributed by atoms with van der Waals surface area (Å²) >= 11 is 11.8. The molecule has 7 nitrogen and oxygen atoms in total. The molecule has 184 valence electrons. The number of carbonyl (C=O) groups excluding carboxylic acids is 3. The quantitative estimate of drug-likeness (QED) is 0.220. The SMILES string of the molecule is CCOC(=O)C(Cc1ccccc1)NC(=O)C(Cc1ccc(N(CCCl)CCCl)cc1)NC=O. The Labute approximate surface area is 210 Å². The Morgan fingerprint density at radius 1 is 0.941 bits per heavy atom. The summed E-state index contributed by atoms with van der Waals surface area (Å²) in [5.41, 5.74) is 2.71. The van der Waals surface area contributed by atoms with Crippen molar-refractivity contribution in [3.63, 3.8) is 0 Å². The Morgan fingerprint density at radius 3 is 2.09 bits per heavy atom. The molecule has 0 spiro atoms. The highest BCUT2D eigenvalue weighted by molar-refractivity contribution is 6.18. The summed E-state index contributed by atoms with van der Waals surface area (Å²) in [6.07, 6.45) is 1.03. The number of benzene rings is 2. The highest BCUT2D eigenvalue weighted by Crippen LogP contribution is 2.17. The Morgan fingerprint density at radius 2 is 1.53 bits per heavy atom. The van der Waals surface area contributed by atoms with E-state index in [1.165, 1.54) is 0 Å². The minimum atomic E-state index is -0.868. The first-order valence-electron chi connectivity index (χ1n) is 11.2. The molecule has 0 aromatic heterocycles. The highest BCUT2D eigenvalue weighted by Gasteiger charge is 2.27. The summed E-state index contributed by atoms with van der Waals surface area (Å²) in [6, 6.07) is 15.3. The Bertz CT molecular complexity index is 891. The van der Waals surface area contributed by atoms with E-state index in [9.17, 15) is 14.4 Å². The lowest BCUT2D eigenvalue weighted by molar-refractivity contribution is -0.147. The summed E-state index contributed by atoms with van der Waals surface area (Å²) in [6.45, 7) is 3.25. The molecule has 0 radical (unpaired) electrons. The van der Waals surface area contributed by atoms with Gasteiger partial charge in [0.05, 0.1) is 6.61 Å². The second kappa shape index (κ2) is 15.2. The van der Waals surface area contributed by atoms with Crippen LogP contribution in [0.4, 0.5) is 5.69 Å². The lowest BCUT2D eigenvalue weighted by Gasteiger charge is -2.24. The molecule has 9 heteroatoms. The second-order valence-electron chi connectivity index (χ2n) is 7.58. The molecule has 0 fully saturated rings. The minimum Gasteiger partial charge on any atom is -0.464 e. The first kappa shape index (κ1) is 27.5. The molecule has 2 amide bonds. The van der Waals surface area contributed by atoms with Crippen molar-refractivity contribution in [3.05, 3.63) is 65.7 Å². The number of rotatable bonds is 15. The first-order valence-corrected chi connectivity index (χ1v) is 12.3. The predicted molar refractivity (Wildman–Crippen MR) is 135 cm³/mol. The van der Waals surface area contributed by atoms with Gasteiger partial charge in [-0.2, -0.15) is 0 Å². The van der Waals surface area contributed by atoms with E-state index in [0.29, 0.717) is 31.3 Å². The van der Waals surface area contributed by atoms with E-state index in [1.54, 1.807) is 6.92 Å². The van der Waals surface area contributed by atoms with Crippen LogP contribution in [0.1, 0.15) is 18.1 Å². The summed E-state index contributed by atoms with van der Waals surface area (Å²) in [4.78, 5) is 38.8. The van der Waals surface area contributed by atoms with E-state index in [1.807, 2.05) is 54.6 Å². The third-order valence-corrected chi connectivity index (χ3v) is 5.54. The number of hydrogen-bond donors (Lipinski definition) is 2. The van der Waals surface area contributed by atoms with Gasteiger partial charge in [-0.15, -0.1) is 23.2 Å². The molecule has 0 saturated carbocycles. The zero-order valence-electron chi connectivity index (χ0n) is 19.2. The van der Waals surface area contributed by atoms with Crippen molar-refractivity contribution < 1.29 is 19.1 Å². The van der Waals surface area contributed by atoms with Crippen molar-refractivity contribution in [1.82, 2.24) is 10.6 Å². The molecule has 0 aliphatic heterocycles. The molecular weight excluding hydrogens is 477 g/mol. The van der Waals surface area contributed by atoms with Crippen LogP contribution >= 0.6 is 23.2 Å². The summed E-state index contributed by atoms with van der Waals surface area (Å²) < 4.78 is 5.14. The summed E-state index contributed by atoms with van der Waals surface area (Å²) in [5, 5.41) is 5.30. The van der Waals surface area contributed by atoms with Crippen LogP contribution in [-0.2, 0) is 32.0 Å². The Hall–Kier alpha value is -2.77. The molecule has 2 N–H and O–H groups in total. The topological polar surface area (TPSA) is 87.7 Å². The van der Waals surface area contributed by atoms with Crippen LogP contribution in [0.25, 0.3) is 0 Å². The maximum atomic E-state index is 13.0. The van der Waals surface area contributed by atoms with Crippen LogP contribution in [0, 0.1) is 0 Å². The molecule has 0 aliphatic carbocycles. The van der Waals surface area contributed by atoms with Crippen molar-refractivity contribution in [3.8, 4) is 0 Å². The summed E-state index contributed by atoms with van der Waals surface area (Å²) in [5.74, 6) is -0.0209. The smallest absolute Gasteiger partial charge is 0.328 e. The molecule has 0 aliphatic rings. The number of amides is 2. The largest absolute Gasteiger partial charge is 0.464 e. The van der Waals surface area contributed by atoms with Crippen LogP contribution in [0.2, 0.25) is 0 Å². The first-order chi connectivity index (χ1) is 16.5. The molecular formula is C25H31Cl2N3O4. The number of nitrogens with one attached hydrogen (secondary N) is 2. The number of esters is 1. The number of nitrogens with zero attached hydrogens (tertiary/aromatic N) is 1. The lowest BCUT2D eigenvalue weighted by Crippen LogP contribution is -2.52. The van der Waals surface area contributed by atoms with Gasteiger partial charge in [0.2, 0.25) is 12.3 Å². The van der Waals surface area contributed by atoms with E-state index in [0.717, 1.165) is 16.8 Å². The van der Waals surface area contributed by atoms with Gasteiger partial charge in [0.15, 0.2) is 0 Å². The average Bonchev–Trinajstić information content (AvgIpc) is 2.84. The molecule has 2 aromatic rings. The third kappa shape index (κ3) is 8.88. The van der Waals surface area contributed by atoms with Crippen LogP contribution in [-0.4, -0.2) is 61.8 Å². The minimum absolute atomic E-state index is 0.201. The zero-order valence-corrected chi connectivity index (χ0v) is 20.7. The third-order valence-electron chi connectivity index (χ3n) is 5.21. The molecule has 2 unspecified atom stereocenters. The summed E-state index contributed by atoms with van der Waals surface area (Å²) in [7, 11) is 0. The van der Waals surface area contributed by atoms with E-state index in [2.05, 4.69) is 15.5 Å². The van der Waals surface area contributed by atoms with Crippen LogP contribution in [0.15, 0.2) is 54.6 Å². The monoisotopic (exact) mass is 507 g/mol. The van der Waals surface area contributed by atoms with Gasteiger partial charge in [0, 0.05) is 43.4 Å². The Balaban J connectivity index is 2.11. The van der Waals surface area contributed by atoms with Crippen molar-refractivity contribution in [1.29, 1.82) is 0 Å². The molecule has 2 aromatic carbocycles. The van der Waals surface area contributed by atoms with E-state index < -0.39 is 24.0 Å². The molecule has 2 atom stereocenters. The fourth-order valence-corrected chi connectivity index (χ4v) is 3.93. The van der Waals surface area contributed by atoms with Gasteiger partial charge in [-0.1, -0.05) is 42.5 Å². The molecule has 0 saturated heterocycles. The van der Waals surface area contributed by atoms with Crippen LogP contribution in [0.3, 0.4) is 0 Å². The predicted octanol–water partition coefficient (Wildman–Crippen LogP) is 2.92. The number of ether oxygens (including phenoxy) is 1. The molecule has 34 heavy (non-hydrogen) atoms. The number of hydrogen-bond acceptors (Lipinski definition) is 5. The fourth-order valence-electron chi connectivity index (χ4n) is 3.52. The molecule has 0 heterocycles.